The molecule has 1 aromatic carbocycles. The van der Waals surface area contributed by atoms with Crippen molar-refractivity contribution in [3.63, 3.8) is 0 Å². The summed E-state index contributed by atoms with van der Waals surface area (Å²) >= 11 is 0. The van der Waals surface area contributed by atoms with Gasteiger partial charge in [0.05, 0.1) is 23.1 Å². The van der Waals surface area contributed by atoms with Gasteiger partial charge in [-0.05, 0) is 24.3 Å². The Labute approximate surface area is 97.9 Å². The van der Waals surface area contributed by atoms with Gasteiger partial charge in [-0.2, -0.15) is 0 Å². The van der Waals surface area contributed by atoms with E-state index in [1.165, 1.54) is 0 Å². The van der Waals surface area contributed by atoms with Crippen LogP contribution >= 0.6 is 0 Å². The molecule has 2 N–H and O–H groups in total. The Bertz CT molecular complexity index is 669. The van der Waals surface area contributed by atoms with Crippen molar-refractivity contribution in [2.45, 2.75) is 0 Å². The molecule has 0 aliphatic rings. The molecule has 0 aliphatic carbocycles. The number of hydrogen-bond donors (Lipinski definition) is 1. The number of fused-ring (bicyclic) bond motifs is 1. The predicted molar refractivity (Wildman–Crippen MR) is 66.2 cm³/mol. The minimum Gasteiger partial charge on any atom is -0.382 e. The summed E-state index contributed by atoms with van der Waals surface area (Å²) < 4.78 is 1.98. The van der Waals surface area contributed by atoms with Crippen molar-refractivity contribution in [1.29, 1.82) is 0 Å². The maximum absolute atomic E-state index is 5.51. The first-order valence-corrected chi connectivity index (χ1v) is 5.25. The normalized spacial score (nSPS) is 10.9. The molecule has 2 aromatic heterocycles. The van der Waals surface area contributed by atoms with Crippen molar-refractivity contribution in [2.75, 3.05) is 5.73 Å². The maximum atomic E-state index is 5.51. The first kappa shape index (κ1) is 9.77. The van der Waals surface area contributed by atoms with Gasteiger partial charge in [-0.15, -0.1) is 10.2 Å². The molecule has 0 atom stereocenters. The second-order valence-corrected chi connectivity index (χ2v) is 3.90. The lowest BCUT2D eigenvalue weighted by Crippen LogP contribution is -1.93. The van der Waals surface area contributed by atoms with Crippen LogP contribution in [0.1, 0.15) is 0 Å². The quantitative estimate of drug-likeness (QED) is 0.683. The van der Waals surface area contributed by atoms with E-state index >= 15 is 0 Å². The molecule has 17 heavy (non-hydrogen) atoms. The van der Waals surface area contributed by atoms with Gasteiger partial charge in [0, 0.05) is 12.6 Å². The third kappa shape index (κ3) is 1.61. The van der Waals surface area contributed by atoms with Gasteiger partial charge in [0.25, 0.3) is 0 Å². The van der Waals surface area contributed by atoms with E-state index in [0.29, 0.717) is 5.82 Å². The van der Waals surface area contributed by atoms with Crippen molar-refractivity contribution in [3.8, 4) is 11.3 Å². The van der Waals surface area contributed by atoms with Crippen LogP contribution in [0.25, 0.3) is 22.3 Å². The average molecular weight is 225 g/mol. The number of anilines is 1. The van der Waals surface area contributed by atoms with Gasteiger partial charge in [-0.3, -0.25) is 0 Å². The molecule has 5 heteroatoms. The monoisotopic (exact) mass is 225 g/mol. The fourth-order valence-electron chi connectivity index (χ4n) is 1.79. The lowest BCUT2D eigenvalue weighted by atomic mass is 10.1. The number of nitrogen functional groups attached to an aromatic ring is 1. The standard InChI is InChI=1S/C12H11N5/c1-17-7-14-10-6-8(2-4-11(10)17)9-3-5-12(13)16-15-9/h2-7H,1H3,(H2,13,16). The number of nitrogens with two attached hydrogens (primary N) is 1. The number of aromatic nitrogens is 4. The molecule has 0 aliphatic heterocycles. The zero-order valence-electron chi connectivity index (χ0n) is 9.33. The maximum Gasteiger partial charge on any atom is 0.146 e. The number of benzene rings is 1. The Morgan fingerprint density at radius 3 is 2.76 bits per heavy atom. The topological polar surface area (TPSA) is 69.6 Å². The van der Waals surface area contributed by atoms with Crippen LogP contribution < -0.4 is 5.73 Å². The Kier molecular flexibility index (Phi) is 2.04. The second-order valence-electron chi connectivity index (χ2n) is 3.90. The summed E-state index contributed by atoms with van der Waals surface area (Å²) in [5.74, 6) is 0.424. The van der Waals surface area contributed by atoms with Crippen LogP contribution in [-0.4, -0.2) is 19.7 Å². The first-order chi connectivity index (χ1) is 8.24. The third-order valence-electron chi connectivity index (χ3n) is 2.71. The molecule has 3 aromatic rings. The molecule has 3 rings (SSSR count). The molecule has 0 amide bonds. The molecule has 0 saturated carbocycles. The van der Waals surface area contributed by atoms with Gasteiger partial charge >= 0.3 is 0 Å². The van der Waals surface area contributed by atoms with Crippen molar-refractivity contribution < 1.29 is 0 Å². The minimum atomic E-state index is 0.424. The molecule has 2 heterocycles. The van der Waals surface area contributed by atoms with Crippen molar-refractivity contribution in [3.05, 3.63) is 36.7 Å². The average Bonchev–Trinajstić information content (AvgIpc) is 2.72. The number of hydrogen-bond acceptors (Lipinski definition) is 4. The summed E-state index contributed by atoms with van der Waals surface area (Å²) in [5.41, 5.74) is 9.34. The van der Waals surface area contributed by atoms with E-state index in [2.05, 4.69) is 15.2 Å². The Morgan fingerprint density at radius 1 is 1.12 bits per heavy atom. The van der Waals surface area contributed by atoms with E-state index in [0.717, 1.165) is 22.3 Å². The molecule has 0 saturated heterocycles. The van der Waals surface area contributed by atoms with Gasteiger partial charge in [0.1, 0.15) is 5.82 Å². The lowest BCUT2D eigenvalue weighted by molar-refractivity contribution is 0.947. The summed E-state index contributed by atoms with van der Waals surface area (Å²) in [5, 5.41) is 7.90. The molecule has 5 nitrogen and oxygen atoms in total. The molecule has 0 bridgehead atoms. The Balaban J connectivity index is 2.14. The van der Waals surface area contributed by atoms with E-state index < -0.39 is 0 Å². The molecule has 0 radical (unpaired) electrons. The van der Waals surface area contributed by atoms with Gasteiger partial charge < -0.3 is 10.3 Å². The largest absolute Gasteiger partial charge is 0.382 e. The number of imidazole rings is 1. The van der Waals surface area contributed by atoms with E-state index in [4.69, 9.17) is 5.73 Å². The number of aryl methyl sites for hydroxylation is 1. The fraction of sp³-hybridized carbons (Fsp3) is 0.0833. The summed E-state index contributed by atoms with van der Waals surface area (Å²) in [6.07, 6.45) is 1.79. The molecule has 84 valence electrons. The van der Waals surface area contributed by atoms with E-state index in [1.54, 1.807) is 12.4 Å². The highest BCUT2D eigenvalue weighted by molar-refractivity contribution is 5.81. The summed E-state index contributed by atoms with van der Waals surface area (Å²) in [6, 6.07) is 9.62. The van der Waals surface area contributed by atoms with Crippen molar-refractivity contribution in [1.82, 2.24) is 19.7 Å². The van der Waals surface area contributed by atoms with Gasteiger partial charge in [0.2, 0.25) is 0 Å². The van der Waals surface area contributed by atoms with Crippen LogP contribution in [0.15, 0.2) is 36.7 Å². The van der Waals surface area contributed by atoms with Crippen molar-refractivity contribution in [2.24, 2.45) is 7.05 Å². The second kappa shape index (κ2) is 3.55. The van der Waals surface area contributed by atoms with Gasteiger partial charge in [0.15, 0.2) is 0 Å². The highest BCUT2D eigenvalue weighted by Crippen LogP contribution is 2.21. The van der Waals surface area contributed by atoms with Gasteiger partial charge in [-0.25, -0.2) is 4.98 Å². The summed E-state index contributed by atoms with van der Waals surface area (Å²) in [4.78, 5) is 4.31. The third-order valence-corrected chi connectivity index (χ3v) is 2.71. The van der Waals surface area contributed by atoms with Crippen LogP contribution in [0, 0.1) is 0 Å². The Hall–Kier alpha value is -2.43. The highest BCUT2D eigenvalue weighted by atomic mass is 15.1. The zero-order chi connectivity index (χ0) is 11.8. The minimum absolute atomic E-state index is 0.424. The zero-order valence-corrected chi connectivity index (χ0v) is 9.33. The Morgan fingerprint density at radius 2 is 2.00 bits per heavy atom. The molecule has 0 fully saturated rings. The van der Waals surface area contributed by atoms with Gasteiger partial charge in [-0.1, -0.05) is 6.07 Å². The van der Waals surface area contributed by atoms with E-state index in [-0.39, 0.29) is 0 Å². The van der Waals surface area contributed by atoms with Crippen LogP contribution in [0.4, 0.5) is 5.82 Å². The first-order valence-electron chi connectivity index (χ1n) is 5.25. The van der Waals surface area contributed by atoms with Crippen LogP contribution in [0.3, 0.4) is 0 Å². The highest BCUT2D eigenvalue weighted by Gasteiger charge is 2.04. The molecule has 0 unspecified atom stereocenters. The lowest BCUT2D eigenvalue weighted by Gasteiger charge is -2.00. The van der Waals surface area contributed by atoms with E-state index in [9.17, 15) is 0 Å². The summed E-state index contributed by atoms with van der Waals surface area (Å²) in [7, 11) is 1.97. The fourth-order valence-corrected chi connectivity index (χ4v) is 1.79. The summed E-state index contributed by atoms with van der Waals surface area (Å²) in [6.45, 7) is 0. The molecule has 0 spiro atoms. The number of rotatable bonds is 1. The van der Waals surface area contributed by atoms with Crippen molar-refractivity contribution >= 4 is 16.9 Å². The van der Waals surface area contributed by atoms with E-state index in [1.807, 2.05) is 35.9 Å². The molecular weight excluding hydrogens is 214 g/mol. The SMILES string of the molecule is Cn1cnc2cc(-c3ccc(N)nn3)ccc21. The van der Waals surface area contributed by atoms with Crippen LogP contribution in [-0.2, 0) is 7.05 Å². The predicted octanol–water partition coefficient (Wildman–Crippen LogP) is 1.61. The molecular formula is C12H11N5. The smallest absolute Gasteiger partial charge is 0.146 e. The number of nitrogens with zero attached hydrogens (tertiary/aromatic N) is 4. The van der Waals surface area contributed by atoms with Crippen LogP contribution in [0.5, 0.6) is 0 Å². The van der Waals surface area contributed by atoms with Crippen LogP contribution in [0.2, 0.25) is 0 Å².